The highest BCUT2D eigenvalue weighted by Crippen LogP contribution is 2.24. The summed E-state index contributed by atoms with van der Waals surface area (Å²) in [5.74, 6) is 0.354. The molecule has 0 spiro atoms. The van der Waals surface area contributed by atoms with Gasteiger partial charge in [-0.15, -0.1) is 0 Å². The van der Waals surface area contributed by atoms with Gasteiger partial charge >= 0.3 is 0 Å². The van der Waals surface area contributed by atoms with E-state index >= 15 is 0 Å². The van der Waals surface area contributed by atoms with Crippen LogP contribution in [0.3, 0.4) is 0 Å². The number of nitrogens with zero attached hydrogens (tertiary/aromatic N) is 2. The van der Waals surface area contributed by atoms with Crippen LogP contribution in [0.4, 0.5) is 5.69 Å². The number of hydrogen-bond acceptors (Lipinski definition) is 4. The summed E-state index contributed by atoms with van der Waals surface area (Å²) in [5.41, 5.74) is 3.05. The van der Waals surface area contributed by atoms with Crippen molar-refractivity contribution in [2.24, 2.45) is 0 Å². The largest absolute Gasteiger partial charge is 0.373 e. The molecular weight excluding hydrogens is 314 g/mol. The Morgan fingerprint density at radius 3 is 2.40 bits per heavy atom. The molecule has 5 heteroatoms. The van der Waals surface area contributed by atoms with Gasteiger partial charge in [0.25, 0.3) is 5.91 Å². The first-order chi connectivity index (χ1) is 12.2. The molecule has 0 aliphatic carbocycles. The van der Waals surface area contributed by atoms with E-state index in [1.54, 1.807) is 6.92 Å². The smallest absolute Gasteiger partial charge is 0.257 e. The van der Waals surface area contributed by atoms with Gasteiger partial charge in [-0.05, 0) is 19.1 Å². The predicted molar refractivity (Wildman–Crippen MR) is 98.7 cm³/mol. The van der Waals surface area contributed by atoms with Gasteiger partial charge in [-0.2, -0.15) is 0 Å². The summed E-state index contributed by atoms with van der Waals surface area (Å²) < 4.78 is 5.25. The number of nitrogens with one attached hydrogen (secondary N) is 1. The molecule has 5 nitrogen and oxygen atoms in total. The van der Waals surface area contributed by atoms with Crippen LogP contribution in [-0.2, 0) is 0 Å². The van der Waals surface area contributed by atoms with Crippen molar-refractivity contribution >= 4 is 11.6 Å². The second-order valence-corrected chi connectivity index (χ2v) is 5.84. The quantitative estimate of drug-likeness (QED) is 0.749. The van der Waals surface area contributed by atoms with E-state index in [1.807, 2.05) is 67.7 Å². The van der Waals surface area contributed by atoms with Gasteiger partial charge in [0.1, 0.15) is 17.0 Å². The fourth-order valence-electron chi connectivity index (χ4n) is 2.67. The third kappa shape index (κ3) is 3.88. The molecule has 25 heavy (non-hydrogen) atoms. The fraction of sp³-hybridized carbons (Fsp3) is 0.200. The summed E-state index contributed by atoms with van der Waals surface area (Å²) in [6.45, 7) is 2.99. The number of benzene rings is 2. The molecule has 0 saturated heterocycles. The summed E-state index contributed by atoms with van der Waals surface area (Å²) in [6, 6.07) is 19.6. The summed E-state index contributed by atoms with van der Waals surface area (Å²) in [6.07, 6.45) is 0. The molecule has 0 fully saturated rings. The Labute approximate surface area is 147 Å². The zero-order chi connectivity index (χ0) is 17.6. The molecule has 0 radical (unpaired) electrons. The Bertz CT molecular complexity index is 829. The Morgan fingerprint density at radius 2 is 1.72 bits per heavy atom. The monoisotopic (exact) mass is 335 g/mol. The lowest BCUT2D eigenvalue weighted by Gasteiger charge is -2.19. The van der Waals surface area contributed by atoms with Crippen LogP contribution in [0.5, 0.6) is 0 Å². The van der Waals surface area contributed by atoms with Crippen molar-refractivity contribution in [3.05, 3.63) is 72.0 Å². The first kappa shape index (κ1) is 16.8. The Balaban J connectivity index is 1.65. The summed E-state index contributed by atoms with van der Waals surface area (Å²) in [5, 5.41) is 7.01. The molecule has 1 heterocycles. The number of hydrogen-bond donors (Lipinski definition) is 1. The highest BCUT2D eigenvalue weighted by molar-refractivity contribution is 6.00. The Hall–Kier alpha value is -3.08. The lowest BCUT2D eigenvalue weighted by molar-refractivity contribution is 0.0954. The molecule has 0 bridgehead atoms. The van der Waals surface area contributed by atoms with Gasteiger partial charge in [-0.25, -0.2) is 0 Å². The lowest BCUT2D eigenvalue weighted by atomic mass is 10.1. The molecule has 0 saturated carbocycles. The highest BCUT2D eigenvalue weighted by atomic mass is 16.5. The maximum absolute atomic E-state index is 12.6. The number of carbonyl (C=O) groups excluding carboxylic acids is 1. The maximum Gasteiger partial charge on any atom is 0.257 e. The van der Waals surface area contributed by atoms with Gasteiger partial charge in [-0.3, -0.25) is 4.79 Å². The average molecular weight is 335 g/mol. The minimum atomic E-state index is -0.168. The number of aryl methyl sites for hydroxylation is 1. The molecular formula is C20H21N3O2. The first-order valence-electron chi connectivity index (χ1n) is 8.23. The van der Waals surface area contributed by atoms with E-state index in [-0.39, 0.29) is 5.91 Å². The Kier molecular flexibility index (Phi) is 5.14. The van der Waals surface area contributed by atoms with E-state index in [2.05, 4.69) is 15.4 Å². The first-order valence-corrected chi connectivity index (χ1v) is 8.23. The summed E-state index contributed by atoms with van der Waals surface area (Å²) in [4.78, 5) is 14.7. The SMILES string of the molecule is Cc1onc(-c2ccccc2)c1C(=O)NCCN(C)c1ccccc1. The number of amides is 1. The molecule has 0 aliphatic rings. The number of carbonyl (C=O) groups is 1. The van der Waals surface area contributed by atoms with Gasteiger partial charge in [0, 0.05) is 31.4 Å². The summed E-state index contributed by atoms with van der Waals surface area (Å²) >= 11 is 0. The van der Waals surface area contributed by atoms with Crippen LogP contribution >= 0.6 is 0 Å². The molecule has 0 aliphatic heterocycles. The van der Waals surface area contributed by atoms with Crippen LogP contribution in [0.1, 0.15) is 16.1 Å². The standard InChI is InChI=1S/C20H21N3O2/c1-15-18(19(22-25-15)16-9-5-3-6-10-16)20(24)21-13-14-23(2)17-11-7-4-8-12-17/h3-12H,13-14H2,1-2H3,(H,21,24). The van der Waals surface area contributed by atoms with Crippen LogP contribution < -0.4 is 10.2 Å². The molecule has 0 unspecified atom stereocenters. The molecule has 3 aromatic rings. The minimum absolute atomic E-state index is 0.168. The van der Waals surface area contributed by atoms with E-state index in [4.69, 9.17) is 4.52 Å². The molecule has 1 amide bonds. The van der Waals surface area contributed by atoms with E-state index in [0.717, 1.165) is 11.3 Å². The van der Waals surface area contributed by atoms with Gasteiger partial charge in [0.2, 0.25) is 0 Å². The minimum Gasteiger partial charge on any atom is -0.373 e. The van der Waals surface area contributed by atoms with Crippen LogP contribution in [-0.4, -0.2) is 31.2 Å². The van der Waals surface area contributed by atoms with Crippen LogP contribution in [0.25, 0.3) is 11.3 Å². The van der Waals surface area contributed by atoms with E-state index in [0.29, 0.717) is 30.1 Å². The number of rotatable bonds is 6. The normalized spacial score (nSPS) is 10.5. The van der Waals surface area contributed by atoms with Crippen LogP contribution in [0, 0.1) is 6.92 Å². The predicted octanol–water partition coefficient (Wildman–Crippen LogP) is 3.52. The molecule has 128 valence electrons. The van der Waals surface area contributed by atoms with Crippen molar-refractivity contribution in [2.75, 3.05) is 25.0 Å². The number of para-hydroxylation sites is 1. The van der Waals surface area contributed by atoms with Gasteiger partial charge in [-0.1, -0.05) is 53.7 Å². The topological polar surface area (TPSA) is 58.4 Å². The molecule has 2 aromatic carbocycles. The van der Waals surface area contributed by atoms with Gasteiger partial charge in [0.05, 0.1) is 0 Å². The molecule has 1 aromatic heterocycles. The van der Waals surface area contributed by atoms with Crippen molar-refractivity contribution in [1.29, 1.82) is 0 Å². The van der Waals surface area contributed by atoms with Gasteiger partial charge < -0.3 is 14.7 Å². The number of likely N-dealkylation sites (N-methyl/N-ethyl adjacent to an activating group) is 1. The summed E-state index contributed by atoms with van der Waals surface area (Å²) in [7, 11) is 2.00. The van der Waals surface area contributed by atoms with E-state index < -0.39 is 0 Å². The van der Waals surface area contributed by atoms with E-state index in [1.165, 1.54) is 0 Å². The number of aromatic nitrogens is 1. The van der Waals surface area contributed by atoms with Gasteiger partial charge in [0.15, 0.2) is 0 Å². The third-order valence-corrected chi connectivity index (χ3v) is 4.07. The molecule has 0 atom stereocenters. The van der Waals surface area contributed by atoms with Crippen molar-refractivity contribution in [1.82, 2.24) is 10.5 Å². The van der Waals surface area contributed by atoms with Crippen molar-refractivity contribution in [2.45, 2.75) is 6.92 Å². The maximum atomic E-state index is 12.6. The van der Waals surface area contributed by atoms with Crippen LogP contribution in [0.2, 0.25) is 0 Å². The van der Waals surface area contributed by atoms with Crippen molar-refractivity contribution < 1.29 is 9.32 Å². The zero-order valence-electron chi connectivity index (χ0n) is 14.4. The van der Waals surface area contributed by atoms with Crippen molar-refractivity contribution in [3.8, 4) is 11.3 Å². The Morgan fingerprint density at radius 1 is 1.08 bits per heavy atom. The second-order valence-electron chi connectivity index (χ2n) is 5.84. The lowest BCUT2D eigenvalue weighted by Crippen LogP contribution is -2.33. The van der Waals surface area contributed by atoms with E-state index in [9.17, 15) is 4.79 Å². The number of anilines is 1. The molecule has 3 rings (SSSR count). The molecule has 1 N–H and O–H groups in total. The zero-order valence-corrected chi connectivity index (χ0v) is 14.4. The fourth-order valence-corrected chi connectivity index (χ4v) is 2.67. The average Bonchev–Trinajstić information content (AvgIpc) is 3.04. The van der Waals surface area contributed by atoms with Crippen molar-refractivity contribution in [3.63, 3.8) is 0 Å². The second kappa shape index (κ2) is 7.66. The highest BCUT2D eigenvalue weighted by Gasteiger charge is 2.21. The van der Waals surface area contributed by atoms with Crippen LogP contribution in [0.15, 0.2) is 65.2 Å². The third-order valence-electron chi connectivity index (χ3n) is 4.07.